The third-order valence-corrected chi connectivity index (χ3v) is 6.66. The van der Waals surface area contributed by atoms with Crippen LogP contribution < -0.4 is 4.90 Å². The standard InChI is InChI=1S/C21H30N2O3S2/c1-22(2)20-13-10-19(11-14-20)12-15-21-9-5-7-17-23(21)16-6-3-4-8-18-27-28(24,25)26/h5,7,9-15,17,21H,3-4,6,8,16,18H2,1-2H3,(H,24,25,26)/b15-12+. The van der Waals surface area contributed by atoms with Crippen LogP contribution >= 0.6 is 10.8 Å². The molecule has 1 atom stereocenters. The third kappa shape index (κ3) is 8.54. The number of hydrogen-bond acceptors (Lipinski definition) is 5. The zero-order chi connectivity index (χ0) is 20.4. The average molecular weight is 423 g/mol. The lowest BCUT2D eigenvalue weighted by molar-refractivity contribution is 0.345. The molecule has 0 fully saturated rings. The van der Waals surface area contributed by atoms with Crippen molar-refractivity contribution in [3.05, 3.63) is 60.3 Å². The first-order valence-electron chi connectivity index (χ1n) is 9.53. The number of unbranched alkanes of at least 4 members (excludes halogenated alkanes) is 3. The molecule has 0 saturated heterocycles. The van der Waals surface area contributed by atoms with Gasteiger partial charge in [0.05, 0.1) is 6.04 Å². The van der Waals surface area contributed by atoms with Crippen molar-refractivity contribution in [2.75, 3.05) is 31.3 Å². The highest BCUT2D eigenvalue weighted by molar-refractivity contribution is 8.69. The van der Waals surface area contributed by atoms with Crippen LogP contribution in [0.4, 0.5) is 5.69 Å². The summed E-state index contributed by atoms with van der Waals surface area (Å²) >= 11 is 0. The first-order valence-corrected chi connectivity index (χ1v) is 12.5. The molecule has 28 heavy (non-hydrogen) atoms. The number of benzene rings is 1. The second-order valence-electron chi connectivity index (χ2n) is 6.96. The average Bonchev–Trinajstić information content (AvgIpc) is 2.66. The molecule has 1 aromatic rings. The Balaban J connectivity index is 1.76. The van der Waals surface area contributed by atoms with E-state index >= 15 is 0 Å². The van der Waals surface area contributed by atoms with Gasteiger partial charge in [-0.1, -0.05) is 49.3 Å². The van der Waals surface area contributed by atoms with Gasteiger partial charge in [0.2, 0.25) is 0 Å². The SMILES string of the molecule is CN(C)c1ccc(/C=C/C2C=CC=CN2CCCCCCSS(=O)(=O)O)cc1. The number of rotatable bonds is 11. The van der Waals surface area contributed by atoms with E-state index < -0.39 is 9.15 Å². The van der Waals surface area contributed by atoms with E-state index in [1.54, 1.807) is 0 Å². The Morgan fingerprint density at radius 1 is 1.11 bits per heavy atom. The fourth-order valence-electron chi connectivity index (χ4n) is 2.95. The lowest BCUT2D eigenvalue weighted by atomic mass is 10.1. The minimum atomic E-state index is -3.90. The number of allylic oxidation sites excluding steroid dienone is 2. The summed E-state index contributed by atoms with van der Waals surface area (Å²) in [7, 11) is 0.790. The molecular formula is C21H30N2O3S2. The van der Waals surface area contributed by atoms with Gasteiger partial charge in [-0.25, -0.2) is 0 Å². The first kappa shape index (κ1) is 22.6. The molecule has 0 aliphatic carbocycles. The Bertz CT molecular complexity index is 784. The van der Waals surface area contributed by atoms with Gasteiger partial charge in [0, 0.05) is 32.1 Å². The summed E-state index contributed by atoms with van der Waals surface area (Å²) in [5.74, 6) is 0.448. The Morgan fingerprint density at radius 2 is 1.82 bits per heavy atom. The van der Waals surface area contributed by atoms with E-state index in [1.807, 2.05) is 14.1 Å². The van der Waals surface area contributed by atoms with E-state index in [1.165, 1.54) is 11.3 Å². The monoisotopic (exact) mass is 422 g/mol. The number of anilines is 1. The van der Waals surface area contributed by atoms with E-state index in [4.69, 9.17) is 4.55 Å². The lowest BCUT2D eigenvalue weighted by Gasteiger charge is -2.28. The van der Waals surface area contributed by atoms with Crippen LogP contribution in [0.5, 0.6) is 0 Å². The molecule has 7 heteroatoms. The van der Waals surface area contributed by atoms with Gasteiger partial charge in [-0.05, 0) is 53.6 Å². The zero-order valence-corrected chi connectivity index (χ0v) is 18.2. The van der Waals surface area contributed by atoms with Crippen LogP contribution in [0, 0.1) is 0 Å². The third-order valence-electron chi connectivity index (χ3n) is 4.52. The highest BCUT2D eigenvalue weighted by atomic mass is 33.1. The van der Waals surface area contributed by atoms with Crippen molar-refractivity contribution in [2.24, 2.45) is 0 Å². The Hall–Kier alpha value is -1.70. The van der Waals surface area contributed by atoms with E-state index in [-0.39, 0.29) is 6.04 Å². The van der Waals surface area contributed by atoms with Crippen molar-refractivity contribution in [3.8, 4) is 0 Å². The zero-order valence-electron chi connectivity index (χ0n) is 16.6. The van der Waals surface area contributed by atoms with E-state index in [0.717, 1.165) is 32.2 Å². The van der Waals surface area contributed by atoms with Gasteiger partial charge in [-0.15, -0.1) is 0 Å². The summed E-state index contributed by atoms with van der Waals surface area (Å²) < 4.78 is 30.0. The van der Waals surface area contributed by atoms with Crippen LogP contribution in [0.2, 0.25) is 0 Å². The van der Waals surface area contributed by atoms with Crippen molar-refractivity contribution in [1.29, 1.82) is 0 Å². The molecule has 0 radical (unpaired) electrons. The maximum atomic E-state index is 10.7. The number of nitrogens with zero attached hydrogens (tertiary/aromatic N) is 2. The largest absolute Gasteiger partial charge is 0.378 e. The molecule has 1 heterocycles. The maximum absolute atomic E-state index is 10.7. The summed E-state index contributed by atoms with van der Waals surface area (Å²) in [6, 6.07) is 8.74. The number of hydrogen-bond donors (Lipinski definition) is 1. The highest BCUT2D eigenvalue weighted by Crippen LogP contribution is 2.17. The second kappa shape index (κ2) is 11.3. The molecule has 0 spiro atoms. The maximum Gasteiger partial charge on any atom is 0.319 e. The minimum Gasteiger partial charge on any atom is -0.378 e. The summed E-state index contributed by atoms with van der Waals surface area (Å²) in [6.45, 7) is 0.959. The van der Waals surface area contributed by atoms with E-state index in [9.17, 15) is 8.42 Å². The fraction of sp³-hybridized carbons (Fsp3) is 0.429. The molecule has 154 valence electrons. The van der Waals surface area contributed by atoms with E-state index in [0.29, 0.717) is 16.5 Å². The molecule has 1 aliphatic heterocycles. The van der Waals surface area contributed by atoms with Gasteiger partial charge >= 0.3 is 9.15 Å². The van der Waals surface area contributed by atoms with Crippen molar-refractivity contribution < 1.29 is 13.0 Å². The smallest absolute Gasteiger partial charge is 0.319 e. The van der Waals surface area contributed by atoms with Crippen LogP contribution in [0.15, 0.2) is 54.8 Å². The van der Waals surface area contributed by atoms with Crippen LogP contribution in [-0.2, 0) is 9.15 Å². The molecule has 1 aliphatic rings. The molecule has 2 rings (SSSR count). The molecular weight excluding hydrogens is 392 g/mol. The highest BCUT2D eigenvalue weighted by Gasteiger charge is 2.11. The molecule has 5 nitrogen and oxygen atoms in total. The van der Waals surface area contributed by atoms with Crippen molar-refractivity contribution >= 4 is 31.7 Å². The summed E-state index contributed by atoms with van der Waals surface area (Å²) in [6.07, 6.45) is 16.7. The van der Waals surface area contributed by atoms with Crippen LogP contribution in [0.25, 0.3) is 6.08 Å². The van der Waals surface area contributed by atoms with Crippen molar-refractivity contribution in [3.63, 3.8) is 0 Å². The summed E-state index contributed by atoms with van der Waals surface area (Å²) in [4.78, 5) is 4.41. The normalized spacial score (nSPS) is 16.8. The van der Waals surface area contributed by atoms with E-state index in [2.05, 4.69) is 70.6 Å². The van der Waals surface area contributed by atoms with Gasteiger partial charge in [-0.3, -0.25) is 4.55 Å². The molecule has 1 unspecified atom stereocenters. The minimum absolute atomic E-state index is 0.244. The predicted octanol–water partition coefficient (Wildman–Crippen LogP) is 4.62. The summed E-state index contributed by atoms with van der Waals surface area (Å²) in [5, 5.41) is 0. The quantitative estimate of drug-likeness (QED) is 0.319. The second-order valence-corrected chi connectivity index (χ2v) is 10.4. The Labute approximate surface area is 173 Å². The van der Waals surface area contributed by atoms with Gasteiger partial charge in [0.25, 0.3) is 0 Å². The topological polar surface area (TPSA) is 60.9 Å². The first-order chi connectivity index (χ1) is 13.3. The fourth-order valence-corrected chi connectivity index (χ4v) is 4.47. The van der Waals surface area contributed by atoms with Crippen LogP contribution in [0.3, 0.4) is 0 Å². The Kier molecular flexibility index (Phi) is 9.15. The molecule has 1 N–H and O–H groups in total. The molecule has 0 aromatic heterocycles. The lowest BCUT2D eigenvalue weighted by Crippen LogP contribution is -2.29. The van der Waals surface area contributed by atoms with Gasteiger partial charge in [0.15, 0.2) is 0 Å². The molecule has 0 saturated carbocycles. The van der Waals surface area contributed by atoms with Crippen LogP contribution in [0.1, 0.15) is 31.2 Å². The summed E-state index contributed by atoms with van der Waals surface area (Å²) in [5.41, 5.74) is 2.37. The molecule has 1 aromatic carbocycles. The molecule has 0 bridgehead atoms. The Morgan fingerprint density at radius 3 is 2.50 bits per heavy atom. The predicted molar refractivity (Wildman–Crippen MR) is 121 cm³/mol. The van der Waals surface area contributed by atoms with Gasteiger partial charge in [0.1, 0.15) is 0 Å². The molecule has 0 amide bonds. The van der Waals surface area contributed by atoms with Crippen LogP contribution in [-0.4, -0.2) is 50.3 Å². The van der Waals surface area contributed by atoms with Crippen molar-refractivity contribution in [1.82, 2.24) is 4.90 Å². The van der Waals surface area contributed by atoms with Gasteiger partial charge in [-0.2, -0.15) is 8.42 Å². The van der Waals surface area contributed by atoms with Gasteiger partial charge < -0.3 is 9.80 Å². The van der Waals surface area contributed by atoms with Crippen molar-refractivity contribution in [2.45, 2.75) is 31.7 Å².